The van der Waals surface area contributed by atoms with E-state index in [0.29, 0.717) is 37.4 Å². The molecule has 12 nitrogen and oxygen atoms in total. The van der Waals surface area contributed by atoms with Crippen LogP contribution in [0.15, 0.2) is 24.3 Å². The molecule has 0 aromatic heterocycles. The predicted molar refractivity (Wildman–Crippen MR) is 166 cm³/mol. The molecule has 6 aliphatic rings. The summed E-state index contributed by atoms with van der Waals surface area (Å²) in [5, 5.41) is 24.8. The number of aliphatic hydroxyl groups is 2. The van der Waals surface area contributed by atoms with Gasteiger partial charge in [-0.3, -0.25) is 9.69 Å². The Morgan fingerprint density at radius 1 is 0.979 bits per heavy atom. The van der Waals surface area contributed by atoms with Crippen LogP contribution in [0.3, 0.4) is 0 Å². The first-order valence-corrected chi connectivity index (χ1v) is 16.7. The number of likely N-dealkylation sites (tertiary alicyclic amines) is 1. The van der Waals surface area contributed by atoms with Crippen molar-refractivity contribution in [2.75, 3.05) is 55.2 Å². The maximum atomic E-state index is 13.9. The molecule has 6 fully saturated rings. The van der Waals surface area contributed by atoms with Crippen molar-refractivity contribution in [1.29, 1.82) is 0 Å². The van der Waals surface area contributed by atoms with Crippen LogP contribution in [-0.2, 0) is 33.2 Å². The first-order valence-electron chi connectivity index (χ1n) is 16.7. The first-order chi connectivity index (χ1) is 22.5. The molecule has 0 radical (unpaired) electrons. The van der Waals surface area contributed by atoms with Gasteiger partial charge >= 0.3 is 11.9 Å². The highest BCUT2D eigenvalue weighted by Crippen LogP contribution is 2.80. The summed E-state index contributed by atoms with van der Waals surface area (Å²) in [5.74, 6) is -2.10. The Labute approximate surface area is 275 Å². The fourth-order valence-electron chi connectivity index (χ4n) is 12.4. The number of esters is 2. The number of hydrogen-bond acceptors (Lipinski definition) is 12. The number of carbonyl (C=O) groups is 2. The van der Waals surface area contributed by atoms with Gasteiger partial charge in [0, 0.05) is 89.4 Å². The predicted octanol–water partition coefficient (Wildman–Crippen LogP) is 1.69. The molecule has 2 N–H and O–H groups in total. The summed E-state index contributed by atoms with van der Waals surface area (Å²) in [6, 6.07) is 6.44. The van der Waals surface area contributed by atoms with Crippen LogP contribution in [0.25, 0.3) is 0 Å². The van der Waals surface area contributed by atoms with Gasteiger partial charge in [0.1, 0.15) is 23.1 Å². The Morgan fingerprint density at radius 2 is 1.68 bits per heavy atom. The lowest BCUT2D eigenvalue weighted by molar-refractivity contribution is -0.300. The SMILES string of the molecule is CCN1C[C@]2(COC)C(O)C[C@H](OC)[C@]34C1[C@H]([C@H](OC)[C@H]23)[C@@]1(OC(C)=O)C[C@H](OC)[C@]2(O)C[C@@H]4[C@@H]1[C@H]2OC(=O)c1ccc(OC)cc1. The summed E-state index contributed by atoms with van der Waals surface area (Å²) in [7, 11) is 8.11. The fourth-order valence-corrected chi connectivity index (χ4v) is 12.4. The number of rotatable bonds is 10. The van der Waals surface area contributed by atoms with Gasteiger partial charge < -0.3 is 43.4 Å². The van der Waals surface area contributed by atoms with E-state index in [4.69, 9.17) is 33.2 Å². The summed E-state index contributed by atoms with van der Waals surface area (Å²) >= 11 is 0. The summed E-state index contributed by atoms with van der Waals surface area (Å²) in [6.07, 6.45) is -2.70. The first kappa shape index (κ1) is 33.2. The molecule has 0 amide bonds. The molecule has 1 aromatic rings. The van der Waals surface area contributed by atoms with Crippen molar-refractivity contribution in [2.24, 2.45) is 34.5 Å². The normalized spacial score (nSPS) is 47.4. The Kier molecular flexibility index (Phi) is 8.02. The van der Waals surface area contributed by atoms with Crippen LogP contribution in [0, 0.1) is 34.5 Å². The van der Waals surface area contributed by atoms with Crippen molar-refractivity contribution < 1.29 is 53.0 Å². The smallest absolute Gasteiger partial charge is 0.338 e. The van der Waals surface area contributed by atoms with E-state index in [9.17, 15) is 19.8 Å². The van der Waals surface area contributed by atoms with Crippen LogP contribution in [0.2, 0.25) is 0 Å². The zero-order chi connectivity index (χ0) is 33.7. The standard InChI is InChI=1S/C35H49NO11/c1-8-36-16-32(17-41-3)22(38)13-23(43-5)35-21-14-33(40)24(44-6)15-34(47-18(2)37,26(29(35)36)27(45-7)28(32)35)25(21)30(33)46-31(39)19-9-11-20(42-4)12-10-19/h9-12,21-30,38,40H,8,13-17H2,1-7H3/t21-,22?,23+,24+,25-,26+,27+,28-,29?,30-,32+,33-,34-,35+/m1/s1. The van der Waals surface area contributed by atoms with Crippen molar-refractivity contribution in [3.8, 4) is 5.75 Å². The van der Waals surface area contributed by atoms with Gasteiger partial charge in [-0.25, -0.2) is 4.79 Å². The van der Waals surface area contributed by atoms with Crippen LogP contribution in [0.4, 0.5) is 0 Å². The minimum absolute atomic E-state index is 0.179. The molecule has 1 spiro atoms. The van der Waals surface area contributed by atoms with Crippen molar-refractivity contribution in [1.82, 2.24) is 4.90 Å². The maximum absolute atomic E-state index is 13.9. The van der Waals surface area contributed by atoms with Gasteiger partial charge in [0.05, 0.1) is 43.7 Å². The molecule has 14 atom stereocenters. The number of aliphatic hydroxyl groups excluding tert-OH is 1. The highest BCUT2D eigenvalue weighted by Gasteiger charge is 2.90. The Balaban J connectivity index is 1.47. The monoisotopic (exact) mass is 659 g/mol. The molecule has 2 unspecified atom stereocenters. The summed E-state index contributed by atoms with van der Waals surface area (Å²) in [6.45, 7) is 5.04. The summed E-state index contributed by atoms with van der Waals surface area (Å²) in [4.78, 5) is 29.5. The Bertz CT molecular complexity index is 1390. The molecule has 1 saturated heterocycles. The Hall–Kier alpha value is -2.32. The molecule has 7 bridgehead atoms. The van der Waals surface area contributed by atoms with E-state index in [0.717, 1.165) is 0 Å². The quantitative estimate of drug-likeness (QED) is 0.353. The van der Waals surface area contributed by atoms with Crippen LogP contribution in [-0.4, -0.2) is 130 Å². The van der Waals surface area contributed by atoms with E-state index < -0.39 is 76.3 Å². The number of fused-ring (bicyclic) bond motifs is 2. The van der Waals surface area contributed by atoms with E-state index in [1.807, 2.05) is 0 Å². The fraction of sp³-hybridized carbons (Fsp3) is 0.771. The second kappa shape index (κ2) is 11.4. The zero-order valence-corrected chi connectivity index (χ0v) is 28.3. The maximum Gasteiger partial charge on any atom is 0.338 e. The minimum Gasteiger partial charge on any atom is -0.497 e. The molecule has 260 valence electrons. The van der Waals surface area contributed by atoms with E-state index >= 15 is 0 Å². The summed E-state index contributed by atoms with van der Waals surface area (Å²) < 4.78 is 43.2. The van der Waals surface area contributed by atoms with Crippen LogP contribution >= 0.6 is 0 Å². The van der Waals surface area contributed by atoms with Crippen molar-refractivity contribution in [3.63, 3.8) is 0 Å². The number of nitrogens with zero attached hydrogens (tertiary/aromatic N) is 1. The lowest BCUT2D eigenvalue weighted by Gasteiger charge is -2.70. The average Bonchev–Trinajstić information content (AvgIpc) is 3.43. The van der Waals surface area contributed by atoms with Crippen LogP contribution in [0.1, 0.15) is 43.5 Å². The highest BCUT2D eigenvalue weighted by molar-refractivity contribution is 5.89. The number of methoxy groups -OCH3 is 5. The van der Waals surface area contributed by atoms with Gasteiger partial charge in [0.2, 0.25) is 0 Å². The van der Waals surface area contributed by atoms with Gasteiger partial charge in [-0.05, 0) is 43.1 Å². The van der Waals surface area contributed by atoms with Crippen molar-refractivity contribution in [2.45, 2.75) is 80.9 Å². The third kappa shape index (κ3) is 4.00. The molecule has 1 aliphatic heterocycles. The molecule has 1 aromatic carbocycles. The minimum atomic E-state index is -1.58. The molecular formula is C35H49NO11. The second-order valence-electron chi connectivity index (χ2n) is 14.7. The van der Waals surface area contributed by atoms with Gasteiger partial charge in [-0.15, -0.1) is 0 Å². The highest BCUT2D eigenvalue weighted by atomic mass is 16.6. The topological polar surface area (TPSA) is 142 Å². The molecular weight excluding hydrogens is 610 g/mol. The molecule has 5 saturated carbocycles. The number of piperidine rings is 1. The molecule has 47 heavy (non-hydrogen) atoms. The Morgan fingerprint density at radius 3 is 2.26 bits per heavy atom. The molecule has 7 rings (SSSR count). The number of hydrogen-bond donors (Lipinski definition) is 2. The molecule has 12 heteroatoms. The van der Waals surface area contributed by atoms with Gasteiger partial charge in [0.25, 0.3) is 0 Å². The largest absolute Gasteiger partial charge is 0.497 e. The van der Waals surface area contributed by atoms with E-state index in [1.165, 1.54) is 14.0 Å². The van der Waals surface area contributed by atoms with Gasteiger partial charge in [-0.1, -0.05) is 6.92 Å². The summed E-state index contributed by atoms with van der Waals surface area (Å²) in [5.41, 5.74) is -3.89. The molecule has 1 heterocycles. The van der Waals surface area contributed by atoms with Gasteiger partial charge in [0.15, 0.2) is 0 Å². The van der Waals surface area contributed by atoms with E-state index in [2.05, 4.69) is 11.8 Å². The van der Waals surface area contributed by atoms with Crippen LogP contribution in [0.5, 0.6) is 5.75 Å². The van der Waals surface area contributed by atoms with E-state index in [1.54, 1.807) is 52.7 Å². The van der Waals surface area contributed by atoms with Gasteiger partial charge in [-0.2, -0.15) is 0 Å². The number of benzene rings is 1. The van der Waals surface area contributed by atoms with E-state index in [-0.39, 0.29) is 30.7 Å². The third-order valence-corrected chi connectivity index (χ3v) is 13.4. The lowest BCUT2D eigenvalue weighted by Crippen LogP contribution is -2.79. The molecule has 5 aliphatic carbocycles. The number of ether oxygens (including phenoxy) is 7. The average molecular weight is 660 g/mol. The second-order valence-corrected chi connectivity index (χ2v) is 14.7. The van der Waals surface area contributed by atoms with Crippen molar-refractivity contribution >= 4 is 11.9 Å². The third-order valence-electron chi connectivity index (χ3n) is 13.4. The number of carbonyl (C=O) groups excluding carboxylic acids is 2. The lowest BCUT2D eigenvalue weighted by atomic mass is 9.42. The van der Waals surface area contributed by atoms with Crippen molar-refractivity contribution in [3.05, 3.63) is 29.8 Å². The van der Waals surface area contributed by atoms with Crippen LogP contribution < -0.4 is 4.74 Å². The zero-order valence-electron chi connectivity index (χ0n) is 28.3.